The van der Waals surface area contributed by atoms with Crippen LogP contribution in [-0.2, 0) is 11.3 Å². The number of hydrogen-bond donors (Lipinski definition) is 0. The van der Waals surface area contributed by atoms with Crippen LogP contribution in [-0.4, -0.2) is 37.8 Å². The molecule has 2 unspecified atom stereocenters. The van der Waals surface area contributed by atoms with Crippen molar-refractivity contribution in [3.05, 3.63) is 76.2 Å². The first-order valence-electron chi connectivity index (χ1n) is 9.71. The lowest BCUT2D eigenvalue weighted by Crippen LogP contribution is -2.44. The SMILES string of the molecule is CCN(Cc1ccncc1)C(=O)C1C(C)=Nc2ccnn2C1c1ccc(Cl)c(Cl)c1. The number of hydrogen-bond acceptors (Lipinski definition) is 4. The van der Waals surface area contributed by atoms with Crippen LogP contribution < -0.4 is 0 Å². The Hall–Kier alpha value is -2.70. The summed E-state index contributed by atoms with van der Waals surface area (Å²) in [6, 6.07) is 10.8. The Morgan fingerprint density at radius 1 is 1.10 bits per heavy atom. The molecule has 1 amide bonds. The van der Waals surface area contributed by atoms with E-state index < -0.39 is 5.92 Å². The fourth-order valence-corrected chi connectivity index (χ4v) is 4.13. The highest BCUT2D eigenvalue weighted by Gasteiger charge is 2.40. The van der Waals surface area contributed by atoms with Crippen LogP contribution >= 0.6 is 23.2 Å². The van der Waals surface area contributed by atoms with Gasteiger partial charge in [-0.05, 0) is 49.2 Å². The average molecular weight is 442 g/mol. The Bertz CT molecular complexity index is 1100. The molecule has 0 bridgehead atoms. The molecule has 0 N–H and O–H groups in total. The largest absolute Gasteiger partial charge is 0.338 e. The Balaban J connectivity index is 1.75. The Morgan fingerprint density at radius 3 is 2.57 bits per heavy atom. The molecule has 0 saturated carbocycles. The first-order chi connectivity index (χ1) is 14.5. The van der Waals surface area contributed by atoms with Gasteiger partial charge in [0, 0.05) is 37.3 Å². The van der Waals surface area contributed by atoms with Crippen molar-refractivity contribution >= 4 is 40.6 Å². The van der Waals surface area contributed by atoms with E-state index in [-0.39, 0.29) is 11.9 Å². The number of rotatable bonds is 5. The van der Waals surface area contributed by atoms with Crippen LogP contribution in [0.4, 0.5) is 5.82 Å². The monoisotopic (exact) mass is 441 g/mol. The van der Waals surface area contributed by atoms with Gasteiger partial charge in [-0.2, -0.15) is 5.10 Å². The van der Waals surface area contributed by atoms with Gasteiger partial charge >= 0.3 is 0 Å². The Morgan fingerprint density at radius 2 is 1.87 bits per heavy atom. The molecule has 6 nitrogen and oxygen atoms in total. The fourth-order valence-electron chi connectivity index (χ4n) is 3.82. The maximum Gasteiger partial charge on any atom is 0.234 e. The van der Waals surface area contributed by atoms with Crippen molar-refractivity contribution in [2.45, 2.75) is 26.4 Å². The topological polar surface area (TPSA) is 63.4 Å². The lowest BCUT2D eigenvalue weighted by Gasteiger charge is -2.34. The molecular weight excluding hydrogens is 421 g/mol. The van der Waals surface area contributed by atoms with Crippen molar-refractivity contribution < 1.29 is 4.79 Å². The molecule has 0 saturated heterocycles. The van der Waals surface area contributed by atoms with Crippen LogP contribution in [0.5, 0.6) is 0 Å². The van der Waals surface area contributed by atoms with Gasteiger partial charge in [0.15, 0.2) is 5.82 Å². The molecule has 2 atom stereocenters. The van der Waals surface area contributed by atoms with Crippen LogP contribution in [0.15, 0.2) is 60.0 Å². The third-order valence-electron chi connectivity index (χ3n) is 5.34. The van der Waals surface area contributed by atoms with Crippen molar-refractivity contribution in [3.8, 4) is 0 Å². The van der Waals surface area contributed by atoms with Gasteiger partial charge in [-0.3, -0.25) is 9.78 Å². The van der Waals surface area contributed by atoms with Crippen LogP contribution in [0.2, 0.25) is 10.0 Å². The molecule has 4 rings (SSSR count). The first kappa shape index (κ1) is 20.6. The smallest absolute Gasteiger partial charge is 0.234 e. The van der Waals surface area contributed by atoms with Gasteiger partial charge in [0.25, 0.3) is 0 Å². The zero-order chi connectivity index (χ0) is 21.3. The summed E-state index contributed by atoms with van der Waals surface area (Å²) in [5, 5.41) is 5.37. The number of benzene rings is 1. The third-order valence-corrected chi connectivity index (χ3v) is 6.08. The standard InChI is InChI=1S/C22H21Cl2N5O/c1-3-28(13-15-6-9-25-10-7-15)22(30)20-14(2)27-19-8-11-26-29(19)21(20)16-4-5-17(23)18(24)12-16/h4-12,20-21H,3,13H2,1-2H3. The normalized spacial score (nSPS) is 17.9. The lowest BCUT2D eigenvalue weighted by molar-refractivity contribution is -0.134. The van der Waals surface area contributed by atoms with E-state index in [2.05, 4.69) is 15.1 Å². The predicted octanol–water partition coefficient (Wildman–Crippen LogP) is 4.95. The number of amides is 1. The molecule has 0 spiro atoms. The van der Waals surface area contributed by atoms with Gasteiger partial charge in [0.05, 0.1) is 22.3 Å². The number of carbonyl (C=O) groups is 1. The summed E-state index contributed by atoms with van der Waals surface area (Å²) in [5.74, 6) is 0.203. The quantitative estimate of drug-likeness (QED) is 0.562. The van der Waals surface area contributed by atoms with Crippen molar-refractivity contribution in [3.63, 3.8) is 0 Å². The number of pyridine rings is 1. The number of carbonyl (C=O) groups excluding carboxylic acids is 1. The lowest BCUT2D eigenvalue weighted by atomic mass is 9.87. The first-order valence-corrected chi connectivity index (χ1v) is 10.5. The highest BCUT2D eigenvalue weighted by molar-refractivity contribution is 6.42. The van der Waals surface area contributed by atoms with Gasteiger partial charge in [0.2, 0.25) is 5.91 Å². The summed E-state index contributed by atoms with van der Waals surface area (Å²) in [4.78, 5) is 24.3. The minimum atomic E-state index is -0.503. The maximum absolute atomic E-state index is 13.7. The molecule has 1 aliphatic rings. The maximum atomic E-state index is 13.7. The van der Waals surface area contributed by atoms with Crippen molar-refractivity contribution in [2.24, 2.45) is 10.9 Å². The van der Waals surface area contributed by atoms with E-state index in [1.165, 1.54) is 0 Å². The average Bonchev–Trinajstić information content (AvgIpc) is 3.21. The van der Waals surface area contributed by atoms with Gasteiger partial charge in [0.1, 0.15) is 5.92 Å². The van der Waals surface area contributed by atoms with Crippen LogP contribution in [0.1, 0.15) is 31.0 Å². The molecule has 8 heteroatoms. The summed E-state index contributed by atoms with van der Waals surface area (Å²) >= 11 is 12.4. The second-order valence-corrected chi connectivity index (χ2v) is 8.01. The molecule has 0 fully saturated rings. The van der Waals surface area contributed by atoms with Crippen LogP contribution in [0, 0.1) is 5.92 Å². The van der Waals surface area contributed by atoms with E-state index in [1.807, 2.05) is 43.0 Å². The number of fused-ring (bicyclic) bond motifs is 1. The molecule has 0 aliphatic carbocycles. The van der Waals surface area contributed by atoms with Gasteiger partial charge < -0.3 is 4.90 Å². The summed E-state index contributed by atoms with van der Waals surface area (Å²) in [5.41, 5.74) is 2.63. The summed E-state index contributed by atoms with van der Waals surface area (Å²) < 4.78 is 1.79. The number of aromatic nitrogens is 3. The van der Waals surface area contributed by atoms with Crippen LogP contribution in [0.25, 0.3) is 0 Å². The number of aliphatic imine (C=N–C) groups is 1. The molecule has 2 aromatic heterocycles. The van der Waals surface area contributed by atoms with Crippen molar-refractivity contribution in [2.75, 3.05) is 6.54 Å². The van der Waals surface area contributed by atoms with E-state index >= 15 is 0 Å². The zero-order valence-electron chi connectivity index (χ0n) is 16.7. The summed E-state index contributed by atoms with van der Waals surface area (Å²) in [6.07, 6.45) is 5.16. The van der Waals surface area contributed by atoms with E-state index in [0.717, 1.165) is 16.8 Å². The highest BCUT2D eigenvalue weighted by Crippen LogP contribution is 2.38. The van der Waals surface area contributed by atoms with Crippen LogP contribution in [0.3, 0.4) is 0 Å². The Kier molecular flexibility index (Phi) is 5.88. The van der Waals surface area contributed by atoms with Gasteiger partial charge in [-0.25, -0.2) is 9.67 Å². The summed E-state index contributed by atoms with van der Waals surface area (Å²) in [7, 11) is 0. The molecule has 3 aromatic rings. The molecule has 154 valence electrons. The fraction of sp³-hybridized carbons (Fsp3) is 0.273. The van der Waals surface area contributed by atoms with E-state index in [1.54, 1.807) is 35.4 Å². The second-order valence-electron chi connectivity index (χ2n) is 7.19. The molecule has 3 heterocycles. The third kappa shape index (κ3) is 3.85. The molecule has 1 aromatic carbocycles. The Labute approximate surface area is 185 Å². The molecule has 1 aliphatic heterocycles. The summed E-state index contributed by atoms with van der Waals surface area (Å²) in [6.45, 7) is 4.94. The molecular formula is C22H21Cl2N5O. The van der Waals surface area contributed by atoms with Crippen molar-refractivity contribution in [1.29, 1.82) is 0 Å². The second kappa shape index (κ2) is 8.58. The zero-order valence-corrected chi connectivity index (χ0v) is 18.2. The van der Waals surface area contributed by atoms with E-state index in [0.29, 0.717) is 29.0 Å². The number of nitrogens with zero attached hydrogens (tertiary/aromatic N) is 5. The van der Waals surface area contributed by atoms with E-state index in [9.17, 15) is 4.79 Å². The van der Waals surface area contributed by atoms with E-state index in [4.69, 9.17) is 23.2 Å². The molecule has 0 radical (unpaired) electrons. The van der Waals surface area contributed by atoms with Gasteiger partial charge in [-0.1, -0.05) is 29.3 Å². The minimum absolute atomic E-state index is 0.00668. The predicted molar refractivity (Wildman–Crippen MR) is 118 cm³/mol. The highest BCUT2D eigenvalue weighted by atomic mass is 35.5. The minimum Gasteiger partial charge on any atom is -0.338 e. The number of halogens is 2. The molecule has 30 heavy (non-hydrogen) atoms. The van der Waals surface area contributed by atoms with Crippen molar-refractivity contribution in [1.82, 2.24) is 19.7 Å². The van der Waals surface area contributed by atoms with Gasteiger partial charge in [-0.15, -0.1) is 0 Å².